The lowest BCUT2D eigenvalue weighted by Crippen LogP contribution is -2.16. The molecule has 0 heterocycles. The van der Waals surface area contributed by atoms with Crippen LogP contribution in [0.1, 0.15) is 66.8 Å². The van der Waals surface area contributed by atoms with Gasteiger partial charge in [-0.3, -0.25) is 0 Å². The van der Waals surface area contributed by atoms with Gasteiger partial charge in [-0.25, -0.2) is 6.57 Å². The molecule has 0 saturated carbocycles. The van der Waals surface area contributed by atoms with Crippen molar-refractivity contribution in [2.24, 2.45) is 0 Å². The number of nitrogens with zero attached hydrogens (tertiary/aromatic N) is 1. The van der Waals surface area contributed by atoms with Gasteiger partial charge < -0.3 is 10.3 Å². The number of halogens is 9. The maximum absolute atomic E-state index is 12.9. The van der Waals surface area contributed by atoms with E-state index < -0.39 is 35.4 Å². The molecule has 0 aromatic heterocycles. The molecule has 0 bridgehead atoms. The molecule has 200 valence electrons. The zero-order chi connectivity index (χ0) is 26.6. The third-order valence-electron chi connectivity index (χ3n) is 5.18. The molecule has 2 aromatic rings. The summed E-state index contributed by atoms with van der Waals surface area (Å²) in [5.41, 5.74) is -0.939. The molecule has 2 nitrogen and oxygen atoms in total. The third-order valence-corrected chi connectivity index (χ3v) is 5.72. The Bertz CT molecular complexity index is 987. The van der Waals surface area contributed by atoms with Crippen LogP contribution in [0.5, 0.6) is 0 Å². The average molecular weight is 576 g/mol. The fraction of sp³-hybridized carbons (Fsp3) is 0.440. The first-order valence-electron chi connectivity index (χ1n) is 10.7. The molecule has 0 radical (unpaired) electrons. The minimum Gasteiger partial charge on any atom is -0.309 e. The van der Waals surface area contributed by atoms with Crippen molar-refractivity contribution in [2.45, 2.75) is 56.9 Å². The summed E-state index contributed by atoms with van der Waals surface area (Å²) in [6, 6.07) is 9.88. The van der Waals surface area contributed by atoms with Gasteiger partial charge in [0.05, 0.1) is 11.1 Å². The number of hydrogen-bond acceptors (Lipinski definition) is 1. The molecule has 0 spiro atoms. The number of hydrogen-bond donors (Lipinski definition) is 1. The molecule has 11 heteroatoms. The zero-order valence-corrected chi connectivity index (χ0v) is 21.7. The Morgan fingerprint density at radius 2 is 1.25 bits per heavy atom. The molecule has 2 aromatic carbocycles. The molecule has 0 aliphatic heterocycles. The van der Waals surface area contributed by atoms with E-state index in [0.717, 1.165) is 12.1 Å². The van der Waals surface area contributed by atoms with Crippen molar-refractivity contribution in [3.63, 3.8) is 0 Å². The van der Waals surface area contributed by atoms with Crippen LogP contribution in [-0.4, -0.2) is 17.5 Å². The highest BCUT2D eigenvalue weighted by atomic mass is 35.5. The Kier molecular flexibility index (Phi) is 15.1. The fourth-order valence-corrected chi connectivity index (χ4v) is 3.86. The van der Waals surface area contributed by atoms with Gasteiger partial charge in [-0.1, -0.05) is 36.4 Å². The van der Waals surface area contributed by atoms with E-state index in [-0.39, 0.29) is 29.2 Å². The molecule has 2 rings (SSSR count). The Balaban J connectivity index is 0.000000663. The predicted octanol–water partition coefficient (Wildman–Crippen LogP) is 9.95. The van der Waals surface area contributed by atoms with Crippen molar-refractivity contribution in [1.82, 2.24) is 0 Å². The van der Waals surface area contributed by atoms with E-state index in [1.807, 2.05) is 0 Å². The largest absolute Gasteiger partial charge is 0.416 e. The first kappa shape index (κ1) is 34.0. The Morgan fingerprint density at radius 3 is 1.67 bits per heavy atom. The lowest BCUT2D eigenvalue weighted by atomic mass is 9.87. The molecule has 0 fully saturated rings. The van der Waals surface area contributed by atoms with Crippen LogP contribution < -0.4 is 0 Å². The highest BCUT2D eigenvalue weighted by molar-refractivity contribution is 6.18. The average Bonchev–Trinajstić information content (AvgIpc) is 2.79. The Morgan fingerprint density at radius 1 is 0.833 bits per heavy atom. The molecular formula is C25H27Cl3F6N2. The van der Waals surface area contributed by atoms with E-state index in [4.69, 9.17) is 35.2 Å². The van der Waals surface area contributed by atoms with E-state index in [9.17, 15) is 26.3 Å². The number of benzene rings is 2. The summed E-state index contributed by atoms with van der Waals surface area (Å²) in [5, 5.41) is 7.66. The van der Waals surface area contributed by atoms with Crippen LogP contribution in [0, 0.1) is 12.0 Å². The van der Waals surface area contributed by atoms with E-state index >= 15 is 0 Å². The lowest BCUT2D eigenvalue weighted by Gasteiger charge is -2.20. The monoisotopic (exact) mass is 574 g/mol. The molecule has 2 unspecified atom stereocenters. The Labute approximate surface area is 223 Å². The highest BCUT2D eigenvalue weighted by Gasteiger charge is 2.37. The van der Waals surface area contributed by atoms with Crippen LogP contribution in [0.3, 0.4) is 0 Å². The topological polar surface area (TPSA) is 28.2 Å². The molecule has 0 aliphatic carbocycles. The van der Waals surface area contributed by atoms with Crippen molar-refractivity contribution < 1.29 is 26.3 Å². The van der Waals surface area contributed by atoms with E-state index in [2.05, 4.69) is 4.85 Å². The van der Waals surface area contributed by atoms with Crippen molar-refractivity contribution in [2.75, 3.05) is 11.8 Å². The van der Waals surface area contributed by atoms with Crippen LogP contribution >= 0.6 is 35.6 Å². The molecule has 0 amide bonds. The lowest BCUT2D eigenvalue weighted by molar-refractivity contribution is -0.139. The van der Waals surface area contributed by atoms with Crippen LogP contribution in [0.15, 0.2) is 48.5 Å². The normalized spacial score (nSPS) is 12.9. The third kappa shape index (κ3) is 10.6. The van der Waals surface area contributed by atoms with Crippen molar-refractivity contribution in [1.29, 1.82) is 5.41 Å². The summed E-state index contributed by atoms with van der Waals surface area (Å²) in [7, 11) is 0. The standard InChI is InChI=1S/C13H15ClF3N.C12H11ClF3N.ClH/c1-9(18)10(6-4-8-14)11-5-2-3-7-12(11)13(15,16)17;1-17-11(7-4-8-13)9-5-2-3-6-10(9)12(14,15)16;/h2-3,5,7,10,18H,4,6,8H2,1H3;2-3,5-6,11H,4,7-8H2;1H. The predicted molar refractivity (Wildman–Crippen MR) is 136 cm³/mol. The minimum atomic E-state index is -4.42. The van der Waals surface area contributed by atoms with Crippen molar-refractivity contribution in [3.05, 3.63) is 82.2 Å². The summed E-state index contributed by atoms with van der Waals surface area (Å²) in [6.45, 7) is 8.53. The fourth-order valence-electron chi connectivity index (χ4n) is 3.55. The van der Waals surface area contributed by atoms with Crippen LogP contribution in [-0.2, 0) is 12.4 Å². The molecule has 36 heavy (non-hydrogen) atoms. The first-order valence-corrected chi connectivity index (χ1v) is 11.8. The molecule has 2 atom stereocenters. The van der Waals surface area contributed by atoms with Gasteiger partial charge in [0.15, 0.2) is 0 Å². The van der Waals surface area contributed by atoms with Crippen LogP contribution in [0.2, 0.25) is 0 Å². The summed E-state index contributed by atoms with van der Waals surface area (Å²) in [6.07, 6.45) is -6.87. The van der Waals surface area contributed by atoms with Crippen LogP contribution in [0.25, 0.3) is 4.85 Å². The number of nitrogens with one attached hydrogen (secondary N) is 1. The maximum atomic E-state index is 12.9. The SMILES string of the molecule is CC(=N)C(CCCCl)c1ccccc1C(F)(F)F.Cl.[C-]#[N+]C(CCCCl)c1ccccc1C(F)(F)F. The van der Waals surface area contributed by atoms with Crippen molar-refractivity contribution >= 4 is 41.3 Å². The van der Waals surface area contributed by atoms with Gasteiger partial charge in [-0.2, -0.15) is 26.3 Å². The molecule has 1 N–H and O–H groups in total. The second kappa shape index (κ2) is 16.0. The molecular weight excluding hydrogens is 549 g/mol. The second-order valence-electron chi connectivity index (χ2n) is 7.71. The van der Waals surface area contributed by atoms with E-state index in [1.165, 1.54) is 37.3 Å². The summed E-state index contributed by atoms with van der Waals surface area (Å²) < 4.78 is 76.9. The van der Waals surface area contributed by atoms with E-state index in [0.29, 0.717) is 37.4 Å². The van der Waals surface area contributed by atoms with Crippen LogP contribution in [0.4, 0.5) is 26.3 Å². The summed E-state index contributed by atoms with van der Waals surface area (Å²) >= 11 is 11.1. The minimum absolute atomic E-state index is 0. The van der Waals surface area contributed by atoms with Gasteiger partial charge in [0.2, 0.25) is 6.04 Å². The van der Waals surface area contributed by atoms with Gasteiger partial charge in [-0.15, -0.1) is 35.6 Å². The van der Waals surface area contributed by atoms with Gasteiger partial charge >= 0.3 is 12.4 Å². The Hall–Kier alpha value is -1.95. The maximum Gasteiger partial charge on any atom is 0.416 e. The summed E-state index contributed by atoms with van der Waals surface area (Å²) in [4.78, 5) is 3.26. The highest BCUT2D eigenvalue weighted by Crippen LogP contribution is 2.38. The molecule has 0 saturated heterocycles. The quantitative estimate of drug-likeness (QED) is 0.133. The van der Waals surface area contributed by atoms with E-state index in [1.54, 1.807) is 6.07 Å². The van der Waals surface area contributed by atoms with Gasteiger partial charge in [0.25, 0.3) is 0 Å². The number of alkyl halides is 8. The van der Waals surface area contributed by atoms with Gasteiger partial charge in [0, 0.05) is 35.4 Å². The first-order chi connectivity index (χ1) is 16.4. The van der Waals surface area contributed by atoms with Gasteiger partial charge in [0.1, 0.15) is 0 Å². The molecule has 0 aliphatic rings. The summed E-state index contributed by atoms with van der Waals surface area (Å²) in [5.74, 6) is 0.222. The zero-order valence-electron chi connectivity index (χ0n) is 19.4. The second-order valence-corrected chi connectivity index (χ2v) is 8.47. The number of rotatable bonds is 9. The van der Waals surface area contributed by atoms with Crippen molar-refractivity contribution in [3.8, 4) is 0 Å². The van der Waals surface area contributed by atoms with Gasteiger partial charge in [-0.05, 0) is 43.9 Å². The smallest absolute Gasteiger partial charge is 0.309 e.